The van der Waals surface area contributed by atoms with Crippen LogP contribution in [0, 0.1) is 29.6 Å². The minimum absolute atomic E-state index is 0.0110. The van der Waals surface area contributed by atoms with E-state index in [2.05, 4.69) is 24.5 Å². The molecule has 2 heterocycles. The van der Waals surface area contributed by atoms with Crippen LogP contribution in [0.4, 0.5) is 14.9 Å². The van der Waals surface area contributed by atoms with Crippen molar-refractivity contribution in [1.29, 1.82) is 0 Å². The molecular formula is C40H58FN3O8. The van der Waals surface area contributed by atoms with E-state index in [1.54, 1.807) is 57.0 Å². The van der Waals surface area contributed by atoms with Crippen molar-refractivity contribution < 1.29 is 42.2 Å². The van der Waals surface area contributed by atoms with E-state index in [9.17, 15) is 23.6 Å². The molecule has 52 heavy (non-hydrogen) atoms. The number of carbonyl (C=O) groups excluding carboxylic acids is 4. The largest absolute Gasteiger partial charge is 0.460 e. The van der Waals surface area contributed by atoms with Crippen LogP contribution in [-0.2, 0) is 23.8 Å². The lowest BCUT2D eigenvalue weighted by molar-refractivity contribution is -0.142. The van der Waals surface area contributed by atoms with Gasteiger partial charge in [0, 0.05) is 30.6 Å². The number of fused-ring (bicyclic) bond motifs is 1. The second kappa shape index (κ2) is 17.4. The predicted molar refractivity (Wildman–Crippen MR) is 196 cm³/mol. The zero-order chi connectivity index (χ0) is 37.6. The Morgan fingerprint density at radius 2 is 1.69 bits per heavy atom. The van der Waals surface area contributed by atoms with Gasteiger partial charge in [0.2, 0.25) is 17.6 Å². The summed E-state index contributed by atoms with van der Waals surface area (Å²) in [5.41, 5.74) is 0.368. The highest BCUT2D eigenvalue weighted by Gasteiger charge is 2.47. The quantitative estimate of drug-likeness (QED) is 0.213. The summed E-state index contributed by atoms with van der Waals surface area (Å²) in [7, 11) is 1.74. The monoisotopic (exact) mass is 727 g/mol. The number of carbonyl (C=O) groups is 4. The van der Waals surface area contributed by atoms with E-state index >= 15 is 0 Å². The van der Waals surface area contributed by atoms with Crippen molar-refractivity contribution in [3.63, 3.8) is 0 Å². The minimum atomic E-state index is -0.710. The first-order valence-corrected chi connectivity index (χ1v) is 19.2. The number of methoxy groups -OCH3 is 1. The van der Waals surface area contributed by atoms with Gasteiger partial charge >= 0.3 is 12.1 Å². The number of halogens is 1. The number of nitrogens with one attached hydrogen (secondary N) is 2. The van der Waals surface area contributed by atoms with E-state index in [-0.39, 0.29) is 41.4 Å². The van der Waals surface area contributed by atoms with Crippen molar-refractivity contribution in [3.8, 4) is 0 Å². The van der Waals surface area contributed by atoms with E-state index in [1.165, 1.54) is 0 Å². The lowest BCUT2D eigenvalue weighted by Crippen LogP contribution is -2.50. The number of alkyl carbamates (subject to hydrolysis) is 1. The van der Waals surface area contributed by atoms with Crippen LogP contribution < -0.4 is 10.6 Å². The SMILES string of the molecule is COC1CCC([C@@H]2CCN(C(=O)C3CCC([C@@H](CF)NC(=O)OC(C)(C)C)CC3)[C@@H]2C(=O)Nc2ccc3oc(C(=O)OCCC(C)C)cc3c2)CC1. The Morgan fingerprint density at radius 3 is 2.33 bits per heavy atom. The highest BCUT2D eigenvalue weighted by molar-refractivity contribution is 6.00. The number of nitrogens with zero attached hydrogens (tertiary/aromatic N) is 1. The van der Waals surface area contributed by atoms with Gasteiger partial charge in [0.1, 0.15) is 23.9 Å². The number of anilines is 1. The molecule has 5 rings (SSSR count). The molecule has 288 valence electrons. The third-order valence-electron chi connectivity index (χ3n) is 11.1. The fourth-order valence-electron chi connectivity index (χ4n) is 8.29. The number of benzene rings is 1. The fourth-order valence-corrected chi connectivity index (χ4v) is 8.29. The minimum Gasteiger partial charge on any atom is -0.460 e. The van der Waals surface area contributed by atoms with Crippen LogP contribution >= 0.6 is 0 Å². The molecule has 2 saturated carbocycles. The topological polar surface area (TPSA) is 136 Å². The summed E-state index contributed by atoms with van der Waals surface area (Å²) in [5, 5.41) is 6.45. The molecule has 2 N–H and O–H groups in total. The van der Waals surface area contributed by atoms with Gasteiger partial charge in [0.25, 0.3) is 0 Å². The van der Waals surface area contributed by atoms with Gasteiger partial charge in [0.05, 0.1) is 18.8 Å². The molecule has 0 unspecified atom stereocenters. The number of amides is 3. The Kier molecular flexibility index (Phi) is 13.3. The number of alkyl halides is 1. The molecule has 0 radical (unpaired) electrons. The summed E-state index contributed by atoms with van der Waals surface area (Å²) in [6, 6.07) is 5.55. The van der Waals surface area contributed by atoms with Gasteiger partial charge in [0.15, 0.2) is 0 Å². The molecule has 12 heteroatoms. The van der Waals surface area contributed by atoms with E-state index in [0.717, 1.165) is 38.5 Å². The standard InChI is InChI=1S/C40H58FN3O8/c1-24(2)18-20-50-38(47)34-22-28-21-29(13-16-33(28)51-34)42-36(45)35-31(25-11-14-30(49-6)15-12-25)17-19-44(35)37(46)27-9-7-26(8-10-27)32(23-41)43-39(48)52-40(3,4)5/h13,16,21-22,24-27,30-32,35H,7-12,14-15,17-20,23H2,1-6H3,(H,42,45)(H,43,48)/t25?,26?,27?,30?,31-,32+,35-/m0/s1. The number of ether oxygens (including phenoxy) is 3. The lowest BCUT2D eigenvalue weighted by atomic mass is 9.75. The molecule has 3 aliphatic rings. The maximum atomic E-state index is 14.3. The highest BCUT2D eigenvalue weighted by Crippen LogP contribution is 2.42. The molecule has 2 aliphatic carbocycles. The van der Waals surface area contributed by atoms with E-state index in [4.69, 9.17) is 18.6 Å². The molecule has 1 aromatic carbocycles. The first-order chi connectivity index (χ1) is 24.8. The van der Waals surface area contributed by atoms with Crippen LogP contribution in [0.5, 0.6) is 0 Å². The second-order valence-corrected chi connectivity index (χ2v) is 16.4. The van der Waals surface area contributed by atoms with Crippen LogP contribution in [-0.4, -0.2) is 79.5 Å². The van der Waals surface area contributed by atoms with Crippen LogP contribution in [0.15, 0.2) is 28.7 Å². The molecule has 3 atom stereocenters. The Labute approximate surface area is 307 Å². The van der Waals surface area contributed by atoms with Crippen molar-refractivity contribution >= 4 is 40.5 Å². The van der Waals surface area contributed by atoms with Gasteiger partial charge in [-0.05, 0) is 133 Å². The van der Waals surface area contributed by atoms with Crippen molar-refractivity contribution in [2.75, 3.05) is 32.3 Å². The molecule has 2 aromatic rings. The van der Waals surface area contributed by atoms with Crippen molar-refractivity contribution in [3.05, 3.63) is 30.0 Å². The zero-order valence-electron chi connectivity index (χ0n) is 31.7. The number of esters is 1. The Hall–Kier alpha value is -3.67. The van der Waals surface area contributed by atoms with Gasteiger partial charge in [-0.1, -0.05) is 13.8 Å². The summed E-state index contributed by atoms with van der Waals surface area (Å²) < 4.78 is 36.2. The average Bonchev–Trinajstić information content (AvgIpc) is 3.75. The van der Waals surface area contributed by atoms with Gasteiger partial charge in [-0.2, -0.15) is 0 Å². The second-order valence-electron chi connectivity index (χ2n) is 16.4. The Morgan fingerprint density at radius 1 is 0.981 bits per heavy atom. The summed E-state index contributed by atoms with van der Waals surface area (Å²) in [6.07, 6.45) is 7.10. The third kappa shape index (κ3) is 10.0. The third-order valence-corrected chi connectivity index (χ3v) is 11.1. The van der Waals surface area contributed by atoms with E-state index in [1.807, 2.05) is 0 Å². The average molecular weight is 728 g/mol. The van der Waals surface area contributed by atoms with Crippen LogP contribution in [0.1, 0.15) is 109 Å². The molecule has 0 bridgehead atoms. The normalized spacial score (nSPS) is 25.9. The molecule has 1 aromatic heterocycles. The molecule has 11 nitrogen and oxygen atoms in total. The molecule has 0 spiro atoms. The van der Waals surface area contributed by atoms with Crippen molar-refractivity contribution in [2.24, 2.45) is 29.6 Å². The van der Waals surface area contributed by atoms with Crippen LogP contribution in [0.3, 0.4) is 0 Å². The van der Waals surface area contributed by atoms with Gasteiger partial charge < -0.3 is 34.2 Å². The van der Waals surface area contributed by atoms with Crippen molar-refractivity contribution in [2.45, 2.75) is 123 Å². The summed E-state index contributed by atoms with van der Waals surface area (Å²) >= 11 is 0. The smallest absolute Gasteiger partial charge is 0.407 e. The summed E-state index contributed by atoms with van der Waals surface area (Å²) in [6.45, 7) is 9.51. The first-order valence-electron chi connectivity index (χ1n) is 19.2. The molecule has 1 aliphatic heterocycles. The number of rotatable bonds is 12. The molecule has 1 saturated heterocycles. The van der Waals surface area contributed by atoms with Crippen molar-refractivity contribution in [1.82, 2.24) is 10.2 Å². The van der Waals surface area contributed by atoms with Crippen LogP contribution in [0.2, 0.25) is 0 Å². The molecule has 3 fully saturated rings. The lowest BCUT2D eigenvalue weighted by Gasteiger charge is -2.38. The zero-order valence-corrected chi connectivity index (χ0v) is 31.7. The van der Waals surface area contributed by atoms with Crippen LogP contribution in [0.25, 0.3) is 11.0 Å². The number of furan rings is 1. The number of hydrogen-bond donors (Lipinski definition) is 2. The summed E-state index contributed by atoms with van der Waals surface area (Å²) in [4.78, 5) is 55.2. The fraction of sp³-hybridized carbons (Fsp3) is 0.700. The molecular weight excluding hydrogens is 669 g/mol. The van der Waals surface area contributed by atoms with E-state index in [0.29, 0.717) is 67.3 Å². The number of hydrogen-bond acceptors (Lipinski definition) is 8. The van der Waals surface area contributed by atoms with Gasteiger partial charge in [-0.25, -0.2) is 14.0 Å². The molecule has 3 amide bonds. The predicted octanol–water partition coefficient (Wildman–Crippen LogP) is 7.67. The van der Waals surface area contributed by atoms with Gasteiger partial charge in [-0.15, -0.1) is 0 Å². The van der Waals surface area contributed by atoms with E-state index < -0.39 is 36.4 Å². The maximum Gasteiger partial charge on any atom is 0.407 e. The highest BCUT2D eigenvalue weighted by atomic mass is 19.1. The first kappa shape index (κ1) is 39.5. The maximum absolute atomic E-state index is 14.3. The van der Waals surface area contributed by atoms with Gasteiger partial charge in [-0.3, -0.25) is 9.59 Å². The Bertz CT molecular complexity index is 1540. The summed E-state index contributed by atoms with van der Waals surface area (Å²) in [5.74, 6) is -0.358. The Balaban J connectivity index is 1.27. The number of likely N-dealkylation sites (tertiary alicyclic amines) is 1.